The zero-order valence-corrected chi connectivity index (χ0v) is 19.0. The Morgan fingerprint density at radius 3 is 2.53 bits per heavy atom. The molecule has 0 radical (unpaired) electrons. The molecule has 0 saturated carbocycles. The van der Waals surface area contributed by atoms with Gasteiger partial charge in [-0.1, -0.05) is 24.3 Å². The molecule has 0 unspecified atom stereocenters. The van der Waals surface area contributed by atoms with Gasteiger partial charge in [0.05, 0.1) is 4.88 Å². The second-order valence-corrected chi connectivity index (χ2v) is 10.2. The lowest BCUT2D eigenvalue weighted by Crippen LogP contribution is -2.37. The van der Waals surface area contributed by atoms with Crippen molar-refractivity contribution in [2.24, 2.45) is 4.40 Å². The predicted octanol–water partition coefficient (Wildman–Crippen LogP) is 3.69. The summed E-state index contributed by atoms with van der Waals surface area (Å²) in [6.45, 7) is 8.23. The summed E-state index contributed by atoms with van der Waals surface area (Å²) in [4.78, 5) is 17.6. The summed E-state index contributed by atoms with van der Waals surface area (Å²) in [5, 5.41) is 1.90. The SMILES string of the molecule is CC1=C(c2ccc(C)c(C)c2)S(=O)(=O)N=C1N1CCCN(C(=O)c2cccs2)CC1. The van der Waals surface area contributed by atoms with E-state index in [4.69, 9.17) is 0 Å². The molecule has 4 rings (SSSR count). The average molecular weight is 444 g/mol. The number of aryl methyl sites for hydroxylation is 2. The number of benzene rings is 1. The Kier molecular flexibility index (Phi) is 5.55. The van der Waals surface area contributed by atoms with E-state index in [2.05, 4.69) is 4.40 Å². The zero-order chi connectivity index (χ0) is 21.5. The largest absolute Gasteiger partial charge is 0.354 e. The molecule has 1 amide bonds. The number of carbonyl (C=O) groups is 1. The first-order valence-electron chi connectivity index (χ1n) is 9.99. The van der Waals surface area contributed by atoms with Gasteiger partial charge >= 0.3 is 0 Å². The number of amidine groups is 1. The molecular formula is C22H25N3O3S2. The fourth-order valence-corrected chi connectivity index (χ4v) is 6.12. The summed E-state index contributed by atoms with van der Waals surface area (Å²) in [7, 11) is -3.75. The number of nitrogens with zero attached hydrogens (tertiary/aromatic N) is 3. The molecule has 0 bridgehead atoms. The highest BCUT2D eigenvalue weighted by Crippen LogP contribution is 2.34. The number of hydrogen-bond acceptors (Lipinski definition) is 5. The van der Waals surface area contributed by atoms with Crippen LogP contribution in [0.3, 0.4) is 0 Å². The molecule has 2 aromatic rings. The summed E-state index contributed by atoms with van der Waals surface area (Å²) in [6.07, 6.45) is 0.766. The molecule has 0 atom stereocenters. The molecule has 1 aromatic carbocycles. The standard InChI is InChI=1S/C22H25N3O3S2/c1-15-7-8-18(14-16(15)2)20-17(3)21(23-30(20,27)28)24-9-5-10-25(12-11-24)22(26)19-6-4-13-29-19/h4,6-8,13-14H,5,9-12H2,1-3H3. The predicted molar refractivity (Wildman–Crippen MR) is 121 cm³/mol. The molecule has 1 aromatic heterocycles. The Morgan fingerprint density at radius 2 is 1.83 bits per heavy atom. The molecule has 0 spiro atoms. The number of thiophene rings is 1. The Hall–Kier alpha value is -2.45. The number of carbonyl (C=O) groups excluding carboxylic acids is 1. The summed E-state index contributed by atoms with van der Waals surface area (Å²) < 4.78 is 29.9. The smallest absolute Gasteiger partial charge is 0.285 e. The lowest BCUT2D eigenvalue weighted by atomic mass is 10.0. The fraction of sp³-hybridized carbons (Fsp3) is 0.364. The van der Waals surface area contributed by atoms with E-state index in [1.165, 1.54) is 11.3 Å². The molecule has 3 heterocycles. The van der Waals surface area contributed by atoms with E-state index < -0.39 is 10.0 Å². The maximum Gasteiger partial charge on any atom is 0.285 e. The first-order chi connectivity index (χ1) is 14.3. The average Bonchev–Trinajstić information content (AvgIpc) is 3.23. The lowest BCUT2D eigenvalue weighted by molar-refractivity contribution is 0.0769. The van der Waals surface area contributed by atoms with Gasteiger partial charge in [-0.15, -0.1) is 15.7 Å². The van der Waals surface area contributed by atoms with Crippen molar-refractivity contribution in [2.45, 2.75) is 27.2 Å². The van der Waals surface area contributed by atoms with Gasteiger partial charge in [-0.05, 0) is 55.3 Å². The Morgan fingerprint density at radius 1 is 1.03 bits per heavy atom. The third-order valence-electron chi connectivity index (χ3n) is 5.72. The van der Waals surface area contributed by atoms with Gasteiger partial charge in [-0.25, -0.2) is 0 Å². The highest BCUT2D eigenvalue weighted by Gasteiger charge is 2.34. The molecule has 2 aliphatic rings. The third-order valence-corrected chi connectivity index (χ3v) is 8.05. The number of amides is 1. The van der Waals surface area contributed by atoms with Crippen molar-refractivity contribution >= 4 is 38.0 Å². The first-order valence-corrected chi connectivity index (χ1v) is 12.3. The van der Waals surface area contributed by atoms with E-state index in [9.17, 15) is 13.2 Å². The van der Waals surface area contributed by atoms with Gasteiger partial charge in [0.1, 0.15) is 10.7 Å². The third kappa shape index (κ3) is 3.81. The van der Waals surface area contributed by atoms with Gasteiger partial charge in [-0.3, -0.25) is 4.79 Å². The minimum Gasteiger partial charge on any atom is -0.354 e. The summed E-state index contributed by atoms with van der Waals surface area (Å²) in [6, 6.07) is 9.42. The van der Waals surface area contributed by atoms with Crippen molar-refractivity contribution in [3.63, 3.8) is 0 Å². The highest BCUT2D eigenvalue weighted by atomic mass is 32.2. The van der Waals surface area contributed by atoms with Crippen LogP contribution in [0.1, 0.15) is 39.7 Å². The van der Waals surface area contributed by atoms with E-state index in [1.54, 1.807) is 0 Å². The fourth-order valence-electron chi connectivity index (χ4n) is 3.95. The van der Waals surface area contributed by atoms with Gasteiger partial charge in [0.2, 0.25) is 0 Å². The van der Waals surface area contributed by atoms with Gasteiger partial charge in [0.25, 0.3) is 15.9 Å². The van der Waals surface area contributed by atoms with Crippen LogP contribution in [0.25, 0.3) is 4.91 Å². The molecule has 8 heteroatoms. The molecule has 1 fully saturated rings. The summed E-state index contributed by atoms with van der Waals surface area (Å²) in [5.74, 6) is 0.546. The molecule has 0 N–H and O–H groups in total. The second-order valence-electron chi connectivity index (χ2n) is 7.75. The number of sulfonamides is 1. The number of rotatable bonds is 2. The first kappa shape index (κ1) is 20.8. The highest BCUT2D eigenvalue weighted by molar-refractivity contribution is 8.00. The van der Waals surface area contributed by atoms with E-state index in [0.717, 1.165) is 22.4 Å². The minimum absolute atomic E-state index is 0.0379. The monoisotopic (exact) mass is 443 g/mol. The van der Waals surface area contributed by atoms with Crippen molar-refractivity contribution in [3.05, 3.63) is 62.9 Å². The summed E-state index contributed by atoms with van der Waals surface area (Å²) in [5.41, 5.74) is 3.53. The van der Waals surface area contributed by atoms with Crippen molar-refractivity contribution in [1.29, 1.82) is 0 Å². The van der Waals surface area contributed by atoms with Gasteiger partial charge in [0, 0.05) is 31.8 Å². The van der Waals surface area contributed by atoms with Crippen LogP contribution in [0.5, 0.6) is 0 Å². The lowest BCUT2D eigenvalue weighted by Gasteiger charge is -2.23. The molecule has 1 saturated heterocycles. The van der Waals surface area contributed by atoms with Crippen LogP contribution in [-0.4, -0.2) is 56.1 Å². The minimum atomic E-state index is -3.75. The van der Waals surface area contributed by atoms with Crippen LogP contribution in [0, 0.1) is 13.8 Å². The Bertz CT molecular complexity index is 1150. The zero-order valence-electron chi connectivity index (χ0n) is 17.4. The maximum absolute atomic E-state index is 12.9. The summed E-state index contributed by atoms with van der Waals surface area (Å²) >= 11 is 1.44. The van der Waals surface area contributed by atoms with E-state index in [0.29, 0.717) is 43.2 Å². The number of hydrogen-bond donors (Lipinski definition) is 0. The second kappa shape index (κ2) is 8.00. The normalized spacial score (nSPS) is 19.1. The topological polar surface area (TPSA) is 70.1 Å². The Balaban J connectivity index is 1.58. The van der Waals surface area contributed by atoms with Crippen LogP contribution < -0.4 is 0 Å². The molecule has 158 valence electrons. The van der Waals surface area contributed by atoms with E-state index in [1.807, 2.05) is 66.3 Å². The molecule has 30 heavy (non-hydrogen) atoms. The molecule has 2 aliphatic heterocycles. The van der Waals surface area contributed by atoms with Gasteiger partial charge in [0.15, 0.2) is 0 Å². The van der Waals surface area contributed by atoms with E-state index >= 15 is 0 Å². The molecule has 6 nitrogen and oxygen atoms in total. The van der Waals surface area contributed by atoms with Crippen LogP contribution in [0.15, 0.2) is 45.7 Å². The van der Waals surface area contributed by atoms with Crippen LogP contribution in [-0.2, 0) is 10.0 Å². The molecular weight excluding hydrogens is 418 g/mol. The maximum atomic E-state index is 12.9. The van der Waals surface area contributed by atoms with Gasteiger partial charge < -0.3 is 9.80 Å². The quantitative estimate of drug-likeness (QED) is 0.710. The van der Waals surface area contributed by atoms with Crippen LogP contribution in [0.2, 0.25) is 0 Å². The Labute approximate surface area is 181 Å². The van der Waals surface area contributed by atoms with E-state index in [-0.39, 0.29) is 10.8 Å². The van der Waals surface area contributed by atoms with Crippen LogP contribution >= 0.6 is 11.3 Å². The van der Waals surface area contributed by atoms with Crippen LogP contribution in [0.4, 0.5) is 0 Å². The van der Waals surface area contributed by atoms with Crippen molar-refractivity contribution in [1.82, 2.24) is 9.80 Å². The van der Waals surface area contributed by atoms with Gasteiger partial charge in [-0.2, -0.15) is 8.42 Å². The van der Waals surface area contributed by atoms with Crippen molar-refractivity contribution in [3.8, 4) is 0 Å². The van der Waals surface area contributed by atoms with Crippen molar-refractivity contribution < 1.29 is 13.2 Å². The molecule has 0 aliphatic carbocycles. The van der Waals surface area contributed by atoms with Crippen molar-refractivity contribution in [2.75, 3.05) is 26.2 Å².